The third-order valence-corrected chi connectivity index (χ3v) is 0.665. The van der Waals surface area contributed by atoms with Gasteiger partial charge in [-0.25, -0.2) is 4.79 Å². The fourth-order valence-electron chi connectivity index (χ4n) is 0.0816. The van der Waals surface area contributed by atoms with E-state index in [0.29, 0.717) is 0 Å². The van der Waals surface area contributed by atoms with E-state index in [0.717, 1.165) is 3.71 Å². The molecule has 0 radical (unpaired) electrons. The predicted octanol–water partition coefficient (Wildman–Crippen LogP) is 0.906. The van der Waals surface area contributed by atoms with Crippen LogP contribution in [0.5, 0.6) is 0 Å². The molecule has 6 heteroatoms. The average molecular weight is 156 g/mol. The first-order valence-corrected chi connectivity index (χ1v) is 2.24. The Morgan fingerprint density at radius 3 is 2.00 bits per heavy atom. The van der Waals surface area contributed by atoms with Crippen molar-refractivity contribution in [3.63, 3.8) is 0 Å². The summed E-state index contributed by atoms with van der Waals surface area (Å²) in [5.74, 6) is 0. The van der Waals surface area contributed by atoms with E-state index in [-0.39, 0.29) is 6.15 Å². The first-order valence-electron chi connectivity index (χ1n) is 1.44. The lowest BCUT2D eigenvalue weighted by Gasteiger charge is -2.02. The molecule has 0 unspecified atom stereocenters. The van der Waals surface area contributed by atoms with Crippen LogP contribution in [0.25, 0.3) is 0 Å². The van der Waals surface area contributed by atoms with Gasteiger partial charge in [0.15, 0.2) is 0 Å². The number of methoxy groups -OCH3 is 1. The summed E-state index contributed by atoms with van der Waals surface area (Å²) in [6, 6.07) is 0. The van der Waals surface area contributed by atoms with Crippen molar-refractivity contribution in [1.29, 1.82) is 0 Å². The number of hydrogen-bond acceptors (Lipinski definition) is 5. The number of amides is 1. The maximum atomic E-state index is 10.1. The number of ether oxygens (including phenoxy) is 1. The maximum absolute atomic E-state index is 10.1. The van der Waals surface area contributed by atoms with Crippen molar-refractivity contribution in [2.75, 3.05) is 7.11 Å². The summed E-state index contributed by atoms with van der Waals surface area (Å²) in [6.45, 7) is 0. The second-order valence-corrected chi connectivity index (χ2v) is 1.88. The van der Waals surface area contributed by atoms with Gasteiger partial charge in [-0.15, -0.1) is 0 Å². The minimum atomic E-state index is -0.591. The van der Waals surface area contributed by atoms with Gasteiger partial charge in [-0.2, -0.15) is 3.71 Å². The zero-order chi connectivity index (χ0) is 5.86. The molecule has 0 heterocycles. The molecule has 0 aliphatic rings. The van der Waals surface area contributed by atoms with Crippen LogP contribution in [0.2, 0.25) is 0 Å². The molecule has 0 atom stereocenters. The van der Waals surface area contributed by atoms with Crippen LogP contribution in [0.3, 0.4) is 0 Å². The molecule has 0 aromatic carbocycles. The van der Waals surface area contributed by atoms with Crippen LogP contribution in [0.15, 0.2) is 0 Å². The first kappa shape index (κ1) is 10.8. The lowest BCUT2D eigenvalue weighted by atomic mass is 11.2. The van der Waals surface area contributed by atoms with Crippen LogP contribution in [-0.2, 0) is 4.74 Å². The van der Waals surface area contributed by atoms with Gasteiger partial charge in [0.1, 0.15) is 0 Å². The van der Waals surface area contributed by atoms with Crippen LogP contribution >= 0.6 is 25.6 Å². The van der Waals surface area contributed by atoms with Crippen molar-refractivity contribution < 1.29 is 9.53 Å². The van der Waals surface area contributed by atoms with Crippen molar-refractivity contribution in [2.45, 2.75) is 0 Å². The summed E-state index contributed by atoms with van der Waals surface area (Å²) in [6.07, 6.45) is -0.591. The number of rotatable bonds is 0. The molecule has 4 nitrogen and oxygen atoms in total. The molecule has 1 amide bonds. The van der Waals surface area contributed by atoms with Gasteiger partial charge in [0.25, 0.3) is 0 Å². The van der Waals surface area contributed by atoms with E-state index < -0.39 is 6.09 Å². The zero-order valence-electron chi connectivity index (χ0n) is 4.37. The molecule has 0 saturated heterocycles. The average Bonchev–Trinajstić information content (AvgIpc) is 1.65. The normalized spacial score (nSPS) is 6.88. The van der Waals surface area contributed by atoms with Gasteiger partial charge in [0.2, 0.25) is 0 Å². The Labute approximate surface area is 58.9 Å². The van der Waals surface area contributed by atoms with Crippen LogP contribution in [0.4, 0.5) is 4.79 Å². The molecule has 0 aliphatic carbocycles. The number of carbonyl (C=O) groups excluding carboxylic acids is 1. The highest BCUT2D eigenvalue weighted by Crippen LogP contribution is 1.98. The van der Waals surface area contributed by atoms with E-state index in [1.807, 2.05) is 0 Å². The fourth-order valence-corrected chi connectivity index (χ4v) is 0.245. The quantitative estimate of drug-likeness (QED) is 0.457. The number of thiol groups is 2. The molecule has 0 aromatic heterocycles. The SMILES string of the molecule is COC(=O)N(S)S.N. The van der Waals surface area contributed by atoms with E-state index >= 15 is 0 Å². The fraction of sp³-hybridized carbons (Fsp3) is 0.500. The molecule has 0 saturated carbocycles. The Balaban J connectivity index is 0. The Morgan fingerprint density at radius 2 is 2.00 bits per heavy atom. The second-order valence-electron chi connectivity index (χ2n) is 0.759. The molecular formula is C2H8N2O2S2. The van der Waals surface area contributed by atoms with Crippen molar-refractivity contribution in [3.8, 4) is 0 Å². The van der Waals surface area contributed by atoms with Gasteiger partial charge in [0, 0.05) is 0 Å². The predicted molar refractivity (Wildman–Crippen MR) is 37.2 cm³/mol. The maximum Gasteiger partial charge on any atom is 0.429 e. The van der Waals surface area contributed by atoms with Gasteiger partial charge >= 0.3 is 6.09 Å². The first-order chi connectivity index (χ1) is 3.18. The standard InChI is InChI=1S/C2H5NO2S2.H3N/c1-5-2(4)3(6)7;/h6-7H,1H3;1H3. The largest absolute Gasteiger partial charge is 0.452 e. The highest BCUT2D eigenvalue weighted by molar-refractivity contribution is 7.94. The highest BCUT2D eigenvalue weighted by Gasteiger charge is 2.00. The molecular weight excluding hydrogens is 148 g/mol. The number of carbonyl (C=O) groups is 1. The second kappa shape index (κ2) is 5.07. The topological polar surface area (TPSA) is 64.5 Å². The van der Waals surface area contributed by atoms with Crippen molar-refractivity contribution in [2.24, 2.45) is 0 Å². The van der Waals surface area contributed by atoms with E-state index in [1.54, 1.807) is 0 Å². The van der Waals surface area contributed by atoms with E-state index in [2.05, 4.69) is 30.4 Å². The van der Waals surface area contributed by atoms with Gasteiger partial charge in [0.05, 0.1) is 7.11 Å². The van der Waals surface area contributed by atoms with Crippen LogP contribution in [0.1, 0.15) is 0 Å². The third kappa shape index (κ3) is 4.10. The summed E-state index contributed by atoms with van der Waals surface area (Å²) < 4.78 is 4.90. The smallest absolute Gasteiger partial charge is 0.429 e. The van der Waals surface area contributed by atoms with Crippen LogP contribution in [-0.4, -0.2) is 16.9 Å². The molecule has 0 rings (SSSR count). The van der Waals surface area contributed by atoms with E-state index in [4.69, 9.17) is 0 Å². The summed E-state index contributed by atoms with van der Waals surface area (Å²) in [4.78, 5) is 10.1. The summed E-state index contributed by atoms with van der Waals surface area (Å²) >= 11 is 6.99. The van der Waals surface area contributed by atoms with Crippen molar-refractivity contribution in [3.05, 3.63) is 0 Å². The molecule has 0 spiro atoms. The molecule has 0 aliphatic heterocycles. The summed E-state index contributed by atoms with van der Waals surface area (Å²) in [5.41, 5.74) is 0. The van der Waals surface area contributed by atoms with Crippen molar-refractivity contribution in [1.82, 2.24) is 9.86 Å². The van der Waals surface area contributed by atoms with E-state index in [1.165, 1.54) is 7.11 Å². The van der Waals surface area contributed by atoms with Crippen LogP contribution < -0.4 is 6.15 Å². The highest BCUT2D eigenvalue weighted by atomic mass is 32.2. The molecule has 0 fully saturated rings. The third-order valence-electron chi connectivity index (χ3n) is 0.338. The molecule has 0 aromatic rings. The molecule has 8 heavy (non-hydrogen) atoms. The van der Waals surface area contributed by atoms with Crippen LogP contribution in [0, 0.1) is 0 Å². The zero-order valence-corrected chi connectivity index (χ0v) is 6.15. The Kier molecular flexibility index (Phi) is 6.87. The lowest BCUT2D eigenvalue weighted by molar-refractivity contribution is 0.167. The van der Waals surface area contributed by atoms with Gasteiger partial charge in [-0.05, 0) is 25.6 Å². The van der Waals surface area contributed by atoms with Gasteiger partial charge in [-0.1, -0.05) is 0 Å². The Hall–Kier alpha value is -0.0700. The lowest BCUT2D eigenvalue weighted by Crippen LogP contribution is -2.09. The number of nitrogens with zero attached hydrogens (tertiary/aromatic N) is 1. The minimum Gasteiger partial charge on any atom is -0.452 e. The molecule has 3 N–H and O–H groups in total. The Morgan fingerprint density at radius 1 is 1.62 bits per heavy atom. The van der Waals surface area contributed by atoms with Crippen molar-refractivity contribution >= 4 is 31.7 Å². The Bertz CT molecular complexity index is 76.4. The molecule has 0 bridgehead atoms. The summed E-state index contributed by atoms with van der Waals surface area (Å²) in [5, 5.41) is 0. The minimum absolute atomic E-state index is 0. The summed E-state index contributed by atoms with van der Waals surface area (Å²) in [7, 11) is 1.25. The monoisotopic (exact) mass is 156 g/mol. The van der Waals surface area contributed by atoms with E-state index in [9.17, 15) is 4.79 Å². The van der Waals surface area contributed by atoms with Gasteiger partial charge < -0.3 is 10.9 Å². The number of hydrogen-bond donors (Lipinski definition) is 3. The molecule has 50 valence electrons. The van der Waals surface area contributed by atoms with Gasteiger partial charge in [-0.3, -0.25) is 0 Å².